The average molecular weight is 531 g/mol. The van der Waals surface area contributed by atoms with E-state index in [0.717, 1.165) is 35.1 Å². The molecular formula is C27H30O7S2. The molecule has 1 atom stereocenters. The average Bonchev–Trinajstić information content (AvgIpc) is 2.85. The first kappa shape index (κ1) is 27.4. The molecule has 0 saturated heterocycles. The molecule has 3 rings (SSSR count). The van der Waals surface area contributed by atoms with Crippen molar-refractivity contribution >= 4 is 27.8 Å². The molecule has 0 bridgehead atoms. The van der Waals surface area contributed by atoms with E-state index in [1.165, 1.54) is 7.11 Å². The maximum Gasteiger partial charge on any atom is 0.319 e. The summed E-state index contributed by atoms with van der Waals surface area (Å²) in [6, 6.07) is 21.6. The van der Waals surface area contributed by atoms with Gasteiger partial charge in [0.05, 0.1) is 20.0 Å². The van der Waals surface area contributed by atoms with Crippen molar-refractivity contribution < 1.29 is 32.0 Å². The monoisotopic (exact) mass is 530 g/mol. The van der Waals surface area contributed by atoms with E-state index in [9.17, 15) is 18.3 Å². The van der Waals surface area contributed by atoms with E-state index in [0.29, 0.717) is 25.2 Å². The van der Waals surface area contributed by atoms with Crippen molar-refractivity contribution in [2.24, 2.45) is 0 Å². The van der Waals surface area contributed by atoms with Crippen molar-refractivity contribution in [2.45, 2.75) is 24.5 Å². The van der Waals surface area contributed by atoms with Crippen LogP contribution in [0, 0.1) is 0 Å². The van der Waals surface area contributed by atoms with E-state index in [1.807, 2.05) is 36.4 Å². The Morgan fingerprint density at radius 2 is 1.42 bits per heavy atom. The van der Waals surface area contributed by atoms with E-state index in [-0.39, 0.29) is 22.7 Å². The van der Waals surface area contributed by atoms with Gasteiger partial charge in [-0.3, -0.25) is 4.79 Å². The lowest BCUT2D eigenvalue weighted by Crippen LogP contribution is -2.22. The van der Waals surface area contributed by atoms with E-state index in [2.05, 4.69) is 0 Å². The van der Waals surface area contributed by atoms with Gasteiger partial charge < -0.3 is 18.8 Å². The predicted octanol–water partition coefficient (Wildman–Crippen LogP) is 4.41. The highest BCUT2D eigenvalue weighted by Crippen LogP contribution is 2.22. The van der Waals surface area contributed by atoms with Crippen LogP contribution in [0.5, 0.6) is 17.2 Å². The molecule has 1 N–H and O–H groups in total. The number of hydrogen-bond acceptors (Lipinski definition) is 8. The number of hydrogen-bond donors (Lipinski definition) is 1. The molecule has 0 aliphatic carbocycles. The van der Waals surface area contributed by atoms with Crippen molar-refractivity contribution in [3.8, 4) is 17.2 Å². The Kier molecular flexibility index (Phi) is 10.1. The molecule has 0 radical (unpaired) electrons. The maximum atomic E-state index is 12.3. The molecule has 0 aliphatic rings. The van der Waals surface area contributed by atoms with Gasteiger partial charge >= 0.3 is 16.1 Å². The lowest BCUT2D eigenvalue weighted by molar-refractivity contribution is -0.139. The van der Waals surface area contributed by atoms with Crippen LogP contribution in [-0.4, -0.2) is 50.5 Å². The Bertz CT molecular complexity index is 1210. The molecule has 0 amide bonds. The zero-order valence-corrected chi connectivity index (χ0v) is 21.9. The third kappa shape index (κ3) is 9.47. The highest BCUT2D eigenvalue weighted by molar-refractivity contribution is 8.00. The van der Waals surface area contributed by atoms with E-state index >= 15 is 0 Å². The number of rotatable bonds is 13. The van der Waals surface area contributed by atoms with Gasteiger partial charge in [-0.15, -0.1) is 11.8 Å². The summed E-state index contributed by atoms with van der Waals surface area (Å²) in [4.78, 5) is 12.3. The molecule has 36 heavy (non-hydrogen) atoms. The molecule has 7 nitrogen and oxygen atoms in total. The minimum absolute atomic E-state index is 0.240. The second kappa shape index (κ2) is 13.2. The summed E-state index contributed by atoms with van der Waals surface area (Å²) in [5.74, 6) is 1.63. The number of thioether (sulfide) groups is 1. The fourth-order valence-electron chi connectivity index (χ4n) is 3.43. The van der Waals surface area contributed by atoms with Gasteiger partial charge in [-0.05, 0) is 71.7 Å². The quantitative estimate of drug-likeness (QED) is 0.256. The first-order valence-corrected chi connectivity index (χ1v) is 14.3. The minimum Gasteiger partial charge on any atom is -0.508 e. The van der Waals surface area contributed by atoms with E-state index in [4.69, 9.17) is 13.7 Å². The van der Waals surface area contributed by atoms with Crippen molar-refractivity contribution in [1.82, 2.24) is 0 Å². The van der Waals surface area contributed by atoms with Gasteiger partial charge in [0, 0.05) is 6.42 Å². The van der Waals surface area contributed by atoms with Crippen LogP contribution in [-0.2, 0) is 38.9 Å². The Hall–Kier alpha value is -3.17. The summed E-state index contributed by atoms with van der Waals surface area (Å²) in [6.07, 6.45) is 3.07. The van der Waals surface area contributed by atoms with Gasteiger partial charge in [-0.2, -0.15) is 8.42 Å². The normalized spacial score (nSPS) is 12.1. The van der Waals surface area contributed by atoms with Gasteiger partial charge in [0.2, 0.25) is 0 Å². The van der Waals surface area contributed by atoms with E-state index in [1.54, 1.807) is 48.2 Å². The molecular weight excluding hydrogens is 500 g/mol. The molecule has 192 valence electrons. The summed E-state index contributed by atoms with van der Waals surface area (Å²) in [5.41, 5.74) is 3.26. The minimum atomic E-state index is -3.55. The second-order valence-corrected chi connectivity index (χ2v) is 11.1. The SMILES string of the molecule is COC(=O)[C@H](Cc1ccc(CCOc2ccc(OS(C)(=O)=O)cc2)cc1)SCCc1ccc(O)cc1. The highest BCUT2D eigenvalue weighted by atomic mass is 32.2. The number of benzene rings is 3. The van der Waals surface area contributed by atoms with Crippen molar-refractivity contribution in [2.75, 3.05) is 25.7 Å². The van der Waals surface area contributed by atoms with Crippen LogP contribution in [0.25, 0.3) is 0 Å². The number of carbonyl (C=O) groups excluding carboxylic acids is 1. The van der Waals surface area contributed by atoms with Gasteiger partial charge in [0.15, 0.2) is 0 Å². The summed E-state index contributed by atoms with van der Waals surface area (Å²) in [5, 5.41) is 9.11. The van der Waals surface area contributed by atoms with Gasteiger partial charge in [-0.1, -0.05) is 36.4 Å². The molecule has 0 heterocycles. The number of carbonyl (C=O) groups is 1. The number of phenols is 1. The van der Waals surface area contributed by atoms with Gasteiger partial charge in [0.25, 0.3) is 0 Å². The van der Waals surface area contributed by atoms with Gasteiger partial charge in [0.1, 0.15) is 22.5 Å². The Balaban J connectivity index is 1.46. The fourth-order valence-corrected chi connectivity index (χ4v) is 5.07. The zero-order chi connectivity index (χ0) is 26.0. The topological polar surface area (TPSA) is 99.1 Å². The summed E-state index contributed by atoms with van der Waals surface area (Å²) in [6.45, 7) is 0.462. The Labute approximate surface area is 216 Å². The molecule has 9 heteroatoms. The van der Waals surface area contributed by atoms with Crippen LogP contribution in [0.2, 0.25) is 0 Å². The molecule has 0 aromatic heterocycles. The van der Waals surface area contributed by atoms with Crippen molar-refractivity contribution in [1.29, 1.82) is 0 Å². The standard InChI is InChI=1S/C27H30O7S2/c1-32-27(29)26(35-18-16-21-7-9-23(28)10-8-21)19-22-5-3-20(4-6-22)15-17-33-24-11-13-25(14-12-24)34-36(2,30)31/h3-14,26,28H,15-19H2,1-2H3/t26-/m0/s1. The molecule has 3 aromatic rings. The second-order valence-electron chi connectivity index (χ2n) is 8.18. The summed E-state index contributed by atoms with van der Waals surface area (Å²) < 4.78 is 37.9. The highest BCUT2D eigenvalue weighted by Gasteiger charge is 2.20. The molecule has 0 aliphatic heterocycles. The molecule has 3 aromatic carbocycles. The Morgan fingerprint density at radius 3 is 2.03 bits per heavy atom. The van der Waals surface area contributed by atoms with Crippen LogP contribution in [0.1, 0.15) is 16.7 Å². The number of ether oxygens (including phenoxy) is 2. The number of aromatic hydroxyl groups is 1. The van der Waals surface area contributed by atoms with Gasteiger partial charge in [-0.25, -0.2) is 0 Å². The van der Waals surface area contributed by atoms with Crippen molar-refractivity contribution in [3.05, 3.63) is 89.5 Å². The largest absolute Gasteiger partial charge is 0.508 e. The van der Waals surface area contributed by atoms with Crippen LogP contribution in [0.3, 0.4) is 0 Å². The number of methoxy groups -OCH3 is 1. The lowest BCUT2D eigenvalue weighted by Gasteiger charge is -2.15. The first-order valence-electron chi connectivity index (χ1n) is 11.4. The van der Waals surface area contributed by atoms with Crippen LogP contribution >= 0.6 is 11.8 Å². The first-order chi connectivity index (χ1) is 17.2. The van der Waals surface area contributed by atoms with Crippen LogP contribution < -0.4 is 8.92 Å². The summed E-state index contributed by atoms with van der Waals surface area (Å²) >= 11 is 1.57. The lowest BCUT2D eigenvalue weighted by atomic mass is 10.1. The molecule has 0 unspecified atom stereocenters. The predicted molar refractivity (Wildman–Crippen MR) is 141 cm³/mol. The maximum absolute atomic E-state index is 12.3. The number of aryl methyl sites for hydroxylation is 1. The molecule has 0 spiro atoms. The van der Waals surface area contributed by atoms with E-state index < -0.39 is 10.1 Å². The third-order valence-corrected chi connectivity index (χ3v) is 6.98. The zero-order valence-electron chi connectivity index (χ0n) is 20.3. The van der Waals surface area contributed by atoms with Crippen LogP contribution in [0.15, 0.2) is 72.8 Å². The number of esters is 1. The third-order valence-electron chi connectivity index (χ3n) is 5.29. The fraction of sp³-hybridized carbons (Fsp3) is 0.296. The van der Waals surface area contributed by atoms with Crippen LogP contribution in [0.4, 0.5) is 0 Å². The smallest absolute Gasteiger partial charge is 0.319 e. The van der Waals surface area contributed by atoms with Crippen molar-refractivity contribution in [3.63, 3.8) is 0 Å². The Morgan fingerprint density at radius 1 is 0.861 bits per heavy atom. The number of phenolic OH excluding ortho intramolecular Hbond substituents is 1. The molecule has 0 saturated carbocycles. The summed E-state index contributed by atoms with van der Waals surface area (Å²) in [7, 11) is -2.15. The molecule has 0 fully saturated rings.